The minimum Gasteiger partial charge on any atom is -0.339 e. The van der Waals surface area contributed by atoms with E-state index in [1.165, 1.54) is 4.31 Å². The van der Waals surface area contributed by atoms with E-state index in [-0.39, 0.29) is 11.5 Å². The lowest BCUT2D eigenvalue weighted by atomic mass is 9.96. The van der Waals surface area contributed by atoms with Crippen molar-refractivity contribution >= 4 is 10.0 Å². The maximum absolute atomic E-state index is 13.4. The monoisotopic (exact) mass is 447 g/mol. The van der Waals surface area contributed by atoms with Gasteiger partial charge in [-0.25, -0.2) is 21.5 Å². The maximum atomic E-state index is 13.4. The quantitative estimate of drug-likeness (QED) is 0.569. The second-order valence-electron chi connectivity index (χ2n) is 7.93. The summed E-state index contributed by atoms with van der Waals surface area (Å²) in [7, 11) is -3.71. The van der Waals surface area contributed by atoms with Crippen LogP contribution in [0.25, 0.3) is 11.4 Å². The number of aryl methyl sites for hydroxylation is 1. The minimum absolute atomic E-state index is 0.0259. The van der Waals surface area contributed by atoms with Gasteiger partial charge in [0.05, 0.1) is 5.75 Å². The lowest BCUT2D eigenvalue weighted by molar-refractivity contribution is 0.247. The Morgan fingerprint density at radius 1 is 1.16 bits per heavy atom. The van der Waals surface area contributed by atoms with Crippen molar-refractivity contribution < 1.29 is 21.7 Å². The third kappa shape index (κ3) is 5.16. The van der Waals surface area contributed by atoms with Gasteiger partial charge in [-0.3, -0.25) is 0 Å². The fourth-order valence-corrected chi connectivity index (χ4v) is 5.58. The van der Waals surface area contributed by atoms with Crippen LogP contribution in [0.15, 0.2) is 47.0 Å². The molecule has 164 valence electrons. The van der Waals surface area contributed by atoms with Crippen LogP contribution < -0.4 is 0 Å². The van der Waals surface area contributed by atoms with Gasteiger partial charge in [-0.1, -0.05) is 29.4 Å². The van der Waals surface area contributed by atoms with Crippen LogP contribution in [-0.2, 0) is 22.2 Å². The average Bonchev–Trinajstić information content (AvgIpc) is 3.15. The molecule has 0 spiro atoms. The Morgan fingerprint density at radius 2 is 1.90 bits per heavy atom. The first-order valence-electron chi connectivity index (χ1n) is 10.1. The van der Waals surface area contributed by atoms with Crippen LogP contribution in [0.3, 0.4) is 0 Å². The smallest absolute Gasteiger partial charge is 0.227 e. The summed E-state index contributed by atoms with van der Waals surface area (Å²) in [5, 5.41) is 4.06. The van der Waals surface area contributed by atoms with Gasteiger partial charge in [0.15, 0.2) is 0 Å². The highest BCUT2D eigenvalue weighted by Gasteiger charge is 2.30. The Hall–Kier alpha value is -2.65. The Bertz CT molecular complexity index is 1160. The summed E-state index contributed by atoms with van der Waals surface area (Å²) in [5.41, 5.74) is 2.03. The number of benzene rings is 2. The topological polar surface area (TPSA) is 76.3 Å². The molecule has 1 saturated heterocycles. The zero-order chi connectivity index (χ0) is 22.0. The number of halogens is 2. The number of rotatable bonds is 6. The molecule has 0 saturated carbocycles. The van der Waals surface area contributed by atoms with E-state index in [0.717, 1.165) is 35.7 Å². The molecule has 0 amide bonds. The second-order valence-corrected chi connectivity index (χ2v) is 9.90. The molecule has 1 aliphatic heterocycles. The lowest BCUT2D eigenvalue weighted by Gasteiger charge is -2.31. The average molecular weight is 448 g/mol. The predicted molar refractivity (Wildman–Crippen MR) is 111 cm³/mol. The van der Waals surface area contributed by atoms with Crippen LogP contribution in [0.5, 0.6) is 0 Å². The highest BCUT2D eigenvalue weighted by atomic mass is 32.2. The summed E-state index contributed by atoms with van der Waals surface area (Å²) in [6.45, 7) is 2.66. The molecule has 0 radical (unpaired) electrons. The van der Waals surface area contributed by atoms with E-state index in [9.17, 15) is 17.2 Å². The molecule has 2 heterocycles. The molecule has 1 aliphatic rings. The first kappa shape index (κ1) is 21.6. The maximum Gasteiger partial charge on any atom is 0.227 e. The van der Waals surface area contributed by atoms with Gasteiger partial charge in [0.2, 0.25) is 21.7 Å². The van der Waals surface area contributed by atoms with Crippen molar-refractivity contribution in [2.75, 3.05) is 13.1 Å². The highest BCUT2D eigenvalue weighted by Crippen LogP contribution is 2.26. The molecule has 3 aromatic rings. The van der Waals surface area contributed by atoms with Gasteiger partial charge in [0, 0.05) is 31.1 Å². The number of hydrogen-bond acceptors (Lipinski definition) is 5. The van der Waals surface area contributed by atoms with Gasteiger partial charge < -0.3 is 4.52 Å². The van der Waals surface area contributed by atoms with Crippen LogP contribution in [0, 0.1) is 24.5 Å². The van der Waals surface area contributed by atoms with Gasteiger partial charge in [0.25, 0.3) is 0 Å². The van der Waals surface area contributed by atoms with Crippen molar-refractivity contribution in [1.82, 2.24) is 14.4 Å². The SMILES string of the molecule is Cc1ccccc1-c1noc(CC2CCCN(S(=O)(=O)Cc3cc(F)cc(F)c3)C2)n1. The van der Waals surface area contributed by atoms with Crippen molar-refractivity contribution in [2.24, 2.45) is 5.92 Å². The molecule has 9 heteroatoms. The Balaban J connectivity index is 1.43. The molecule has 4 rings (SSSR count). The van der Waals surface area contributed by atoms with Crippen molar-refractivity contribution in [1.29, 1.82) is 0 Å². The fraction of sp³-hybridized carbons (Fsp3) is 0.364. The minimum atomic E-state index is -3.71. The van der Waals surface area contributed by atoms with Crippen molar-refractivity contribution in [3.8, 4) is 11.4 Å². The van der Waals surface area contributed by atoms with E-state index in [1.807, 2.05) is 31.2 Å². The molecule has 0 aliphatic carbocycles. The third-order valence-electron chi connectivity index (χ3n) is 5.46. The Kier molecular flexibility index (Phi) is 6.15. The van der Waals surface area contributed by atoms with Crippen LogP contribution in [0.4, 0.5) is 8.78 Å². The molecule has 1 aromatic heterocycles. The molecule has 1 fully saturated rings. The second kappa shape index (κ2) is 8.84. The predicted octanol–water partition coefficient (Wildman–Crippen LogP) is 4.11. The van der Waals surface area contributed by atoms with Crippen LogP contribution in [0.1, 0.15) is 29.9 Å². The summed E-state index contributed by atoms with van der Waals surface area (Å²) in [6.07, 6.45) is 2.00. The first-order valence-corrected chi connectivity index (χ1v) is 11.7. The fourth-order valence-electron chi connectivity index (χ4n) is 3.96. The van der Waals surface area contributed by atoms with Gasteiger partial charge in [-0.2, -0.15) is 4.98 Å². The number of aromatic nitrogens is 2. The van der Waals surface area contributed by atoms with E-state index < -0.39 is 27.4 Å². The van der Waals surface area contributed by atoms with E-state index in [1.54, 1.807) is 0 Å². The summed E-state index contributed by atoms with van der Waals surface area (Å²) in [5.74, 6) is -1.01. The van der Waals surface area contributed by atoms with Gasteiger partial charge >= 0.3 is 0 Å². The van der Waals surface area contributed by atoms with Crippen LogP contribution >= 0.6 is 0 Å². The number of sulfonamides is 1. The molecular weight excluding hydrogens is 424 g/mol. The molecular formula is C22H23F2N3O3S. The van der Waals surface area contributed by atoms with E-state index in [4.69, 9.17) is 4.52 Å². The molecule has 31 heavy (non-hydrogen) atoms. The van der Waals surface area contributed by atoms with Crippen molar-refractivity contribution in [3.05, 3.63) is 71.1 Å². The number of piperidine rings is 1. The molecule has 1 atom stereocenters. The molecule has 0 bridgehead atoms. The van der Waals surface area contributed by atoms with Crippen molar-refractivity contribution in [3.63, 3.8) is 0 Å². The number of hydrogen-bond donors (Lipinski definition) is 0. The summed E-state index contributed by atoms with van der Waals surface area (Å²) >= 11 is 0. The zero-order valence-corrected chi connectivity index (χ0v) is 17.9. The van der Waals surface area contributed by atoms with E-state index in [0.29, 0.717) is 37.6 Å². The highest BCUT2D eigenvalue weighted by molar-refractivity contribution is 7.88. The molecule has 1 unspecified atom stereocenters. The molecule has 6 nitrogen and oxygen atoms in total. The van der Waals surface area contributed by atoms with Gasteiger partial charge in [0.1, 0.15) is 11.6 Å². The van der Waals surface area contributed by atoms with E-state index >= 15 is 0 Å². The van der Waals surface area contributed by atoms with E-state index in [2.05, 4.69) is 10.1 Å². The first-order chi connectivity index (χ1) is 14.8. The molecule has 2 aromatic carbocycles. The Labute approximate surface area is 179 Å². The summed E-state index contributed by atoms with van der Waals surface area (Å²) in [6, 6.07) is 10.6. The summed E-state index contributed by atoms with van der Waals surface area (Å²) in [4.78, 5) is 4.48. The molecule has 0 N–H and O–H groups in total. The van der Waals surface area contributed by atoms with Crippen molar-refractivity contribution in [2.45, 2.75) is 31.9 Å². The zero-order valence-electron chi connectivity index (χ0n) is 17.1. The normalized spacial score (nSPS) is 17.7. The van der Waals surface area contributed by atoms with Crippen LogP contribution in [-0.4, -0.2) is 36.0 Å². The van der Waals surface area contributed by atoms with Crippen LogP contribution in [0.2, 0.25) is 0 Å². The Morgan fingerprint density at radius 3 is 2.65 bits per heavy atom. The standard InChI is InChI=1S/C22H23F2N3O3S/c1-15-5-2-3-7-20(15)22-25-21(30-26-22)11-16-6-4-8-27(13-16)31(28,29)14-17-9-18(23)12-19(24)10-17/h2-3,5,7,9-10,12,16H,4,6,8,11,13-14H2,1H3. The van der Waals surface area contributed by atoms with Gasteiger partial charge in [-0.05, 0) is 48.9 Å². The van der Waals surface area contributed by atoms with Gasteiger partial charge in [-0.15, -0.1) is 0 Å². The summed E-state index contributed by atoms with van der Waals surface area (Å²) < 4.78 is 59.3. The third-order valence-corrected chi connectivity index (χ3v) is 7.28. The largest absolute Gasteiger partial charge is 0.339 e. The lowest BCUT2D eigenvalue weighted by Crippen LogP contribution is -2.41. The number of nitrogens with zero attached hydrogens (tertiary/aromatic N) is 3.